The molecule has 1 heterocycles. The van der Waals surface area contributed by atoms with Crippen LogP contribution >= 0.6 is 0 Å². The van der Waals surface area contributed by atoms with Crippen LogP contribution in [0.4, 0.5) is 0 Å². The van der Waals surface area contributed by atoms with E-state index in [0.29, 0.717) is 24.1 Å². The number of nitrogens with one attached hydrogen (secondary N) is 2. The van der Waals surface area contributed by atoms with E-state index in [1.807, 2.05) is 19.3 Å². The molecule has 0 aliphatic heterocycles. The van der Waals surface area contributed by atoms with Crippen LogP contribution in [-0.2, 0) is 11.3 Å². The standard InChI is InChI=1S/C19H30N4O/c1-4-24-17-12-16(19(17)9-5-6-10-19)23-18(20-3)22-13-15-14(2)8-7-11-21-15/h7-8,11,16-17H,4-6,9-10,12-13H2,1-3H3,(H2,20,22,23). The fraction of sp³-hybridized carbons (Fsp3) is 0.684. The monoisotopic (exact) mass is 330 g/mol. The largest absolute Gasteiger partial charge is 0.378 e. The normalized spacial score (nSPS) is 25.5. The van der Waals surface area contributed by atoms with Crippen LogP contribution in [0.2, 0.25) is 0 Å². The first-order chi connectivity index (χ1) is 11.7. The van der Waals surface area contributed by atoms with Crippen molar-refractivity contribution in [1.29, 1.82) is 0 Å². The summed E-state index contributed by atoms with van der Waals surface area (Å²) in [7, 11) is 1.83. The number of aromatic nitrogens is 1. The highest BCUT2D eigenvalue weighted by Gasteiger charge is 2.56. The van der Waals surface area contributed by atoms with Crippen molar-refractivity contribution in [2.24, 2.45) is 10.4 Å². The molecule has 5 heteroatoms. The van der Waals surface area contributed by atoms with Crippen LogP contribution < -0.4 is 10.6 Å². The van der Waals surface area contributed by atoms with Crippen LogP contribution in [0.15, 0.2) is 23.3 Å². The summed E-state index contributed by atoms with van der Waals surface area (Å²) in [5.74, 6) is 0.867. The predicted molar refractivity (Wildman–Crippen MR) is 97.0 cm³/mol. The van der Waals surface area contributed by atoms with Crippen molar-refractivity contribution in [3.8, 4) is 0 Å². The number of rotatable bonds is 5. The first-order valence-corrected chi connectivity index (χ1v) is 9.19. The molecule has 5 nitrogen and oxygen atoms in total. The van der Waals surface area contributed by atoms with Crippen LogP contribution in [0.3, 0.4) is 0 Å². The number of ether oxygens (including phenoxy) is 1. The molecule has 2 N–H and O–H groups in total. The molecule has 2 aliphatic rings. The fourth-order valence-electron chi connectivity index (χ4n) is 4.32. The van der Waals surface area contributed by atoms with Crippen molar-refractivity contribution in [2.75, 3.05) is 13.7 Å². The van der Waals surface area contributed by atoms with Gasteiger partial charge < -0.3 is 15.4 Å². The molecule has 0 radical (unpaired) electrons. The molecule has 0 aromatic carbocycles. The van der Waals surface area contributed by atoms with E-state index in [1.54, 1.807) is 0 Å². The van der Waals surface area contributed by atoms with E-state index >= 15 is 0 Å². The van der Waals surface area contributed by atoms with Gasteiger partial charge in [-0.2, -0.15) is 0 Å². The van der Waals surface area contributed by atoms with Gasteiger partial charge in [0, 0.05) is 31.3 Å². The quantitative estimate of drug-likeness (QED) is 0.644. The first kappa shape index (κ1) is 17.2. The van der Waals surface area contributed by atoms with Gasteiger partial charge in [-0.1, -0.05) is 18.9 Å². The van der Waals surface area contributed by atoms with Crippen molar-refractivity contribution in [1.82, 2.24) is 15.6 Å². The Morgan fingerprint density at radius 3 is 2.88 bits per heavy atom. The average molecular weight is 330 g/mol. The Morgan fingerprint density at radius 2 is 2.21 bits per heavy atom. The number of aliphatic imine (C=N–C) groups is 1. The zero-order valence-corrected chi connectivity index (χ0v) is 15.1. The summed E-state index contributed by atoms with van der Waals surface area (Å²) < 4.78 is 6.00. The maximum Gasteiger partial charge on any atom is 0.191 e. The zero-order valence-electron chi connectivity index (χ0n) is 15.1. The van der Waals surface area contributed by atoms with Gasteiger partial charge in [0.1, 0.15) is 0 Å². The number of pyridine rings is 1. The van der Waals surface area contributed by atoms with Gasteiger partial charge in [-0.05, 0) is 44.7 Å². The van der Waals surface area contributed by atoms with E-state index in [0.717, 1.165) is 24.7 Å². The Labute approximate surface area is 145 Å². The second-order valence-corrected chi connectivity index (χ2v) is 7.01. The van der Waals surface area contributed by atoms with E-state index < -0.39 is 0 Å². The molecular weight excluding hydrogens is 300 g/mol. The molecule has 2 unspecified atom stereocenters. The van der Waals surface area contributed by atoms with Gasteiger partial charge in [-0.3, -0.25) is 9.98 Å². The maximum absolute atomic E-state index is 6.00. The third-order valence-electron chi connectivity index (χ3n) is 5.76. The van der Waals surface area contributed by atoms with E-state index in [1.165, 1.54) is 31.2 Å². The Hall–Kier alpha value is -1.62. The molecule has 0 bridgehead atoms. The Morgan fingerprint density at radius 1 is 1.42 bits per heavy atom. The van der Waals surface area contributed by atoms with Gasteiger partial charge in [-0.15, -0.1) is 0 Å². The first-order valence-electron chi connectivity index (χ1n) is 9.19. The van der Waals surface area contributed by atoms with Crippen molar-refractivity contribution < 1.29 is 4.74 Å². The summed E-state index contributed by atoms with van der Waals surface area (Å²) in [6.07, 6.45) is 8.52. The molecule has 0 saturated heterocycles. The smallest absolute Gasteiger partial charge is 0.191 e. The van der Waals surface area contributed by atoms with E-state index in [9.17, 15) is 0 Å². The van der Waals surface area contributed by atoms with Gasteiger partial charge in [0.2, 0.25) is 0 Å². The second-order valence-electron chi connectivity index (χ2n) is 7.01. The van der Waals surface area contributed by atoms with Crippen molar-refractivity contribution >= 4 is 5.96 Å². The number of hydrogen-bond donors (Lipinski definition) is 2. The minimum Gasteiger partial charge on any atom is -0.378 e. The summed E-state index contributed by atoms with van der Waals surface area (Å²) >= 11 is 0. The van der Waals surface area contributed by atoms with E-state index in [2.05, 4.69) is 40.5 Å². The minimum absolute atomic E-state index is 0.314. The third kappa shape index (κ3) is 3.27. The van der Waals surface area contributed by atoms with Gasteiger partial charge in [0.05, 0.1) is 18.3 Å². The molecular formula is C19H30N4O. The molecule has 1 spiro atoms. The van der Waals surface area contributed by atoms with E-state index in [-0.39, 0.29) is 0 Å². The number of aryl methyl sites for hydroxylation is 1. The predicted octanol–water partition coefficient (Wildman–Crippen LogP) is 2.79. The van der Waals surface area contributed by atoms with Crippen LogP contribution in [0.5, 0.6) is 0 Å². The van der Waals surface area contributed by atoms with Crippen LogP contribution in [0.25, 0.3) is 0 Å². The van der Waals surface area contributed by atoms with Crippen molar-refractivity contribution in [2.45, 2.75) is 64.6 Å². The highest BCUT2D eigenvalue weighted by Crippen LogP contribution is 2.54. The highest BCUT2D eigenvalue weighted by molar-refractivity contribution is 5.80. The highest BCUT2D eigenvalue weighted by atomic mass is 16.5. The summed E-state index contributed by atoms with van der Waals surface area (Å²) in [5, 5.41) is 7.06. The maximum atomic E-state index is 6.00. The molecule has 132 valence electrons. The molecule has 2 saturated carbocycles. The minimum atomic E-state index is 0.314. The Kier molecular flexibility index (Phi) is 5.39. The number of guanidine groups is 1. The molecule has 3 rings (SSSR count). The lowest BCUT2D eigenvalue weighted by Crippen LogP contribution is -2.65. The molecule has 24 heavy (non-hydrogen) atoms. The lowest BCUT2D eigenvalue weighted by molar-refractivity contribution is -0.125. The second kappa shape index (κ2) is 7.51. The average Bonchev–Trinajstić information content (AvgIpc) is 3.11. The Balaban J connectivity index is 1.59. The third-order valence-corrected chi connectivity index (χ3v) is 5.76. The van der Waals surface area contributed by atoms with Crippen molar-refractivity contribution in [3.63, 3.8) is 0 Å². The van der Waals surface area contributed by atoms with Crippen LogP contribution in [0.1, 0.15) is 50.3 Å². The van der Waals surface area contributed by atoms with Gasteiger partial charge in [0.15, 0.2) is 5.96 Å². The van der Waals surface area contributed by atoms with Crippen LogP contribution in [0, 0.1) is 12.3 Å². The topological polar surface area (TPSA) is 58.5 Å². The zero-order chi connectivity index (χ0) is 17.0. The van der Waals surface area contributed by atoms with Gasteiger partial charge in [-0.25, -0.2) is 0 Å². The number of nitrogens with zero attached hydrogens (tertiary/aromatic N) is 2. The lowest BCUT2D eigenvalue weighted by Gasteiger charge is -2.54. The molecule has 2 aliphatic carbocycles. The summed E-state index contributed by atoms with van der Waals surface area (Å²) in [6, 6.07) is 4.53. The molecule has 1 aromatic rings. The van der Waals surface area contributed by atoms with Crippen LogP contribution in [-0.4, -0.2) is 36.7 Å². The fourth-order valence-corrected chi connectivity index (χ4v) is 4.32. The molecule has 0 amide bonds. The summed E-state index contributed by atoms with van der Waals surface area (Å²) in [5.41, 5.74) is 2.58. The molecule has 2 atom stereocenters. The van der Waals surface area contributed by atoms with Gasteiger partial charge >= 0.3 is 0 Å². The number of hydrogen-bond acceptors (Lipinski definition) is 3. The SMILES string of the molecule is CCOC1CC(NC(=NC)NCc2ncccc2C)C12CCCC2. The summed E-state index contributed by atoms with van der Waals surface area (Å²) in [4.78, 5) is 8.85. The van der Waals surface area contributed by atoms with Gasteiger partial charge in [0.25, 0.3) is 0 Å². The Bertz CT molecular complexity index is 580. The summed E-state index contributed by atoms with van der Waals surface area (Å²) in [6.45, 7) is 5.69. The molecule has 1 aromatic heterocycles. The molecule has 2 fully saturated rings. The van der Waals surface area contributed by atoms with Crippen molar-refractivity contribution in [3.05, 3.63) is 29.6 Å². The lowest BCUT2D eigenvalue weighted by atomic mass is 9.60. The van der Waals surface area contributed by atoms with E-state index in [4.69, 9.17) is 4.74 Å².